The Bertz CT molecular complexity index is 901. The van der Waals surface area contributed by atoms with E-state index in [1.807, 2.05) is 59.5 Å². The largest absolute Gasteiger partial charge is 0.338 e. The first kappa shape index (κ1) is 22.3. The summed E-state index contributed by atoms with van der Waals surface area (Å²) in [6.07, 6.45) is 2.79. The lowest BCUT2D eigenvalue weighted by atomic mass is 10.1. The quantitative estimate of drug-likeness (QED) is 0.684. The van der Waals surface area contributed by atoms with Crippen molar-refractivity contribution in [3.8, 4) is 0 Å². The van der Waals surface area contributed by atoms with E-state index in [1.54, 1.807) is 11.9 Å². The minimum absolute atomic E-state index is 0.169. The Hall–Kier alpha value is -3.35. The zero-order valence-corrected chi connectivity index (χ0v) is 18.0. The van der Waals surface area contributed by atoms with Crippen LogP contribution in [0.1, 0.15) is 36.8 Å². The molecular weight excluding hydrogens is 392 g/mol. The van der Waals surface area contributed by atoms with Gasteiger partial charge in [0.1, 0.15) is 0 Å². The Kier molecular flexibility index (Phi) is 8.04. The molecule has 1 aliphatic rings. The zero-order chi connectivity index (χ0) is 22.1. The van der Waals surface area contributed by atoms with Crippen LogP contribution < -0.4 is 10.6 Å². The first-order chi connectivity index (χ1) is 15.0. The normalized spacial score (nSPS) is 13.6. The number of carbonyl (C=O) groups excluding carboxylic acids is 3. The summed E-state index contributed by atoms with van der Waals surface area (Å²) in [4.78, 5) is 39.9. The van der Waals surface area contributed by atoms with Crippen LogP contribution in [-0.4, -0.2) is 47.8 Å². The number of nitrogens with zero attached hydrogens (tertiary/aromatic N) is 2. The van der Waals surface area contributed by atoms with Gasteiger partial charge in [-0.15, -0.1) is 0 Å². The molecule has 0 aliphatic carbocycles. The molecule has 1 aliphatic heterocycles. The van der Waals surface area contributed by atoms with Crippen LogP contribution in [0.4, 0.5) is 10.5 Å². The minimum atomic E-state index is -0.218. The van der Waals surface area contributed by atoms with Crippen molar-refractivity contribution in [2.45, 2.75) is 38.8 Å². The summed E-state index contributed by atoms with van der Waals surface area (Å²) >= 11 is 0. The number of carbonyl (C=O) groups is 3. The number of likely N-dealkylation sites (tertiary alicyclic amines) is 1. The van der Waals surface area contributed by atoms with Crippen molar-refractivity contribution >= 4 is 23.5 Å². The molecule has 3 rings (SSSR count). The van der Waals surface area contributed by atoms with Gasteiger partial charge in [-0.25, -0.2) is 4.79 Å². The molecule has 0 spiro atoms. The zero-order valence-electron chi connectivity index (χ0n) is 18.0. The summed E-state index contributed by atoms with van der Waals surface area (Å²) < 4.78 is 0. The van der Waals surface area contributed by atoms with E-state index in [1.165, 1.54) is 0 Å². The third-order valence-corrected chi connectivity index (χ3v) is 5.24. The topological polar surface area (TPSA) is 81.8 Å². The molecule has 1 fully saturated rings. The Labute approximate surface area is 183 Å². The highest BCUT2D eigenvalue weighted by Crippen LogP contribution is 2.17. The van der Waals surface area contributed by atoms with Gasteiger partial charge in [-0.05, 0) is 36.1 Å². The molecule has 1 saturated heterocycles. The molecule has 0 aromatic heterocycles. The van der Waals surface area contributed by atoms with Gasteiger partial charge in [0, 0.05) is 51.8 Å². The average Bonchev–Trinajstić information content (AvgIpc) is 2.76. The fraction of sp³-hybridized carbons (Fsp3) is 0.375. The monoisotopic (exact) mass is 422 g/mol. The lowest BCUT2D eigenvalue weighted by molar-refractivity contribution is -0.133. The molecular formula is C24H30N4O3. The second-order valence-corrected chi connectivity index (χ2v) is 7.84. The van der Waals surface area contributed by atoms with Gasteiger partial charge < -0.3 is 20.4 Å². The number of hydrogen-bond donors (Lipinski definition) is 2. The Morgan fingerprint density at radius 2 is 1.81 bits per heavy atom. The number of anilines is 1. The van der Waals surface area contributed by atoms with Gasteiger partial charge in [0.2, 0.25) is 11.8 Å². The summed E-state index contributed by atoms with van der Waals surface area (Å²) in [5.74, 6) is 0.0193. The molecule has 1 heterocycles. The van der Waals surface area contributed by atoms with Crippen molar-refractivity contribution in [3.05, 3.63) is 65.7 Å². The summed E-state index contributed by atoms with van der Waals surface area (Å²) in [7, 11) is 1.72. The fourth-order valence-electron chi connectivity index (χ4n) is 3.57. The van der Waals surface area contributed by atoms with E-state index in [2.05, 4.69) is 10.6 Å². The lowest BCUT2D eigenvalue weighted by Gasteiger charge is -2.26. The Balaban J connectivity index is 1.41. The second-order valence-electron chi connectivity index (χ2n) is 7.84. The van der Waals surface area contributed by atoms with Gasteiger partial charge in [0.05, 0.1) is 0 Å². The fourth-order valence-corrected chi connectivity index (χ4v) is 3.57. The first-order valence-corrected chi connectivity index (χ1v) is 10.7. The molecule has 2 aromatic rings. The average molecular weight is 423 g/mol. The molecule has 4 amide bonds. The van der Waals surface area contributed by atoms with Crippen LogP contribution >= 0.6 is 0 Å². The minimum Gasteiger partial charge on any atom is -0.338 e. The Morgan fingerprint density at radius 3 is 2.58 bits per heavy atom. The van der Waals surface area contributed by atoms with Gasteiger partial charge in [-0.3, -0.25) is 9.59 Å². The number of piperidine rings is 1. The molecule has 164 valence electrons. The maximum Gasteiger partial charge on any atom is 0.317 e. The second kappa shape index (κ2) is 11.2. The SMILES string of the molecule is CN(Cc1ccccc1)C(=O)NCCC(=O)Nc1cccc(CN2CCCCC2=O)c1. The van der Waals surface area contributed by atoms with Crippen molar-refractivity contribution in [2.24, 2.45) is 0 Å². The summed E-state index contributed by atoms with van der Waals surface area (Å²) in [6, 6.07) is 17.1. The van der Waals surface area contributed by atoms with Gasteiger partial charge in [-0.2, -0.15) is 0 Å². The molecule has 31 heavy (non-hydrogen) atoms. The number of amides is 4. The van der Waals surface area contributed by atoms with Crippen molar-refractivity contribution in [1.29, 1.82) is 0 Å². The van der Waals surface area contributed by atoms with E-state index in [0.29, 0.717) is 25.2 Å². The highest BCUT2D eigenvalue weighted by atomic mass is 16.2. The highest BCUT2D eigenvalue weighted by molar-refractivity contribution is 5.91. The van der Waals surface area contributed by atoms with Crippen molar-refractivity contribution in [3.63, 3.8) is 0 Å². The van der Waals surface area contributed by atoms with Gasteiger partial charge >= 0.3 is 6.03 Å². The summed E-state index contributed by atoms with van der Waals surface area (Å²) in [5, 5.41) is 5.64. The van der Waals surface area contributed by atoms with Gasteiger partial charge in [0.25, 0.3) is 0 Å². The van der Waals surface area contributed by atoms with E-state index in [9.17, 15) is 14.4 Å². The molecule has 0 radical (unpaired) electrons. The molecule has 0 atom stereocenters. The van der Waals surface area contributed by atoms with Crippen molar-refractivity contribution in [2.75, 3.05) is 25.5 Å². The lowest BCUT2D eigenvalue weighted by Crippen LogP contribution is -2.38. The van der Waals surface area contributed by atoms with Crippen LogP contribution in [0.15, 0.2) is 54.6 Å². The van der Waals surface area contributed by atoms with Crippen molar-refractivity contribution in [1.82, 2.24) is 15.1 Å². The van der Waals surface area contributed by atoms with Crippen LogP contribution in [0.3, 0.4) is 0 Å². The summed E-state index contributed by atoms with van der Waals surface area (Å²) in [6.45, 7) is 2.11. The van der Waals surface area contributed by atoms with Crippen LogP contribution in [0, 0.1) is 0 Å². The molecule has 0 unspecified atom stereocenters. The van der Waals surface area contributed by atoms with Crippen LogP contribution in [0.2, 0.25) is 0 Å². The number of rotatable bonds is 8. The number of benzene rings is 2. The Morgan fingerprint density at radius 1 is 1.03 bits per heavy atom. The molecule has 7 heteroatoms. The van der Waals surface area contributed by atoms with E-state index < -0.39 is 0 Å². The van der Waals surface area contributed by atoms with Crippen LogP contribution in [0.25, 0.3) is 0 Å². The molecule has 2 N–H and O–H groups in total. The highest BCUT2D eigenvalue weighted by Gasteiger charge is 2.18. The number of nitrogens with one attached hydrogen (secondary N) is 2. The van der Waals surface area contributed by atoms with Crippen LogP contribution in [-0.2, 0) is 22.7 Å². The number of urea groups is 1. The molecule has 0 saturated carbocycles. The molecule has 7 nitrogen and oxygen atoms in total. The van der Waals surface area contributed by atoms with Gasteiger partial charge in [0.15, 0.2) is 0 Å². The van der Waals surface area contributed by atoms with E-state index in [4.69, 9.17) is 0 Å². The maximum absolute atomic E-state index is 12.3. The predicted octanol–water partition coefficient (Wildman–Crippen LogP) is 3.37. The smallest absolute Gasteiger partial charge is 0.317 e. The third-order valence-electron chi connectivity index (χ3n) is 5.24. The van der Waals surface area contributed by atoms with Crippen LogP contribution in [0.5, 0.6) is 0 Å². The van der Waals surface area contributed by atoms with E-state index in [-0.39, 0.29) is 30.8 Å². The molecule has 0 bridgehead atoms. The first-order valence-electron chi connectivity index (χ1n) is 10.7. The standard InChI is InChI=1S/C24H30N4O3/c1-27(17-19-8-3-2-4-9-19)24(31)25-14-13-22(29)26-21-11-7-10-20(16-21)18-28-15-6-5-12-23(28)30/h2-4,7-11,16H,5-6,12-15,17-18H2,1H3,(H,25,31)(H,26,29). The predicted molar refractivity (Wildman–Crippen MR) is 120 cm³/mol. The number of hydrogen-bond acceptors (Lipinski definition) is 3. The maximum atomic E-state index is 12.3. The van der Waals surface area contributed by atoms with Crippen molar-refractivity contribution < 1.29 is 14.4 Å². The molecule has 2 aromatic carbocycles. The summed E-state index contributed by atoms with van der Waals surface area (Å²) in [5.41, 5.74) is 2.73. The third kappa shape index (κ3) is 7.13. The van der Waals surface area contributed by atoms with E-state index >= 15 is 0 Å². The van der Waals surface area contributed by atoms with Gasteiger partial charge in [-0.1, -0.05) is 42.5 Å². The van der Waals surface area contributed by atoms with E-state index in [0.717, 1.165) is 30.5 Å².